The van der Waals surface area contributed by atoms with E-state index in [0.29, 0.717) is 0 Å². The van der Waals surface area contributed by atoms with E-state index in [9.17, 15) is 28.2 Å². The fourth-order valence-electron chi connectivity index (χ4n) is 3.75. The SMILES string of the molecule is O=C1C=CC(=O)c2c(O)c(N3CCC(S(=O)(=O)c4ccccc4)C3)c(Cl)c(O)c21. The van der Waals surface area contributed by atoms with E-state index < -0.39 is 38.2 Å². The highest BCUT2D eigenvalue weighted by atomic mass is 35.5. The number of sulfone groups is 1. The highest BCUT2D eigenvalue weighted by molar-refractivity contribution is 7.92. The number of hydrogen-bond donors (Lipinski definition) is 2. The zero-order valence-electron chi connectivity index (χ0n) is 15.0. The number of aromatic hydroxyl groups is 2. The van der Waals surface area contributed by atoms with Crippen molar-refractivity contribution in [2.75, 3.05) is 18.0 Å². The number of ketones is 2. The lowest BCUT2D eigenvalue weighted by Gasteiger charge is -2.25. The molecule has 2 aromatic rings. The molecule has 0 spiro atoms. The number of anilines is 1. The fraction of sp³-hybridized carbons (Fsp3) is 0.200. The second-order valence-electron chi connectivity index (χ2n) is 6.89. The Labute approximate surface area is 171 Å². The molecule has 2 N–H and O–H groups in total. The normalized spacial score (nSPS) is 18.9. The van der Waals surface area contributed by atoms with Gasteiger partial charge in [-0.1, -0.05) is 29.8 Å². The molecule has 0 amide bonds. The number of fused-ring (bicyclic) bond motifs is 1. The summed E-state index contributed by atoms with van der Waals surface area (Å²) in [5.41, 5.74) is -0.731. The van der Waals surface area contributed by atoms with Crippen molar-refractivity contribution in [3.8, 4) is 11.5 Å². The van der Waals surface area contributed by atoms with Crippen LogP contribution < -0.4 is 4.90 Å². The number of nitrogens with zero attached hydrogens (tertiary/aromatic N) is 1. The van der Waals surface area contributed by atoms with Gasteiger partial charge in [0.1, 0.15) is 16.5 Å². The van der Waals surface area contributed by atoms with Gasteiger partial charge in [0.05, 0.1) is 21.3 Å². The third-order valence-corrected chi connectivity index (χ3v) is 7.76. The highest BCUT2D eigenvalue weighted by Crippen LogP contribution is 2.49. The molecular formula is C20H16ClNO6S. The van der Waals surface area contributed by atoms with Crippen molar-refractivity contribution < 1.29 is 28.2 Å². The third kappa shape index (κ3) is 2.99. The summed E-state index contributed by atoms with van der Waals surface area (Å²) in [4.78, 5) is 26.0. The average Bonchev–Trinajstić information content (AvgIpc) is 3.19. The summed E-state index contributed by atoms with van der Waals surface area (Å²) in [6.45, 7) is 0.251. The van der Waals surface area contributed by atoms with Gasteiger partial charge in [-0.3, -0.25) is 9.59 Å². The van der Waals surface area contributed by atoms with E-state index in [1.807, 2.05) is 0 Å². The molecule has 0 aromatic heterocycles. The number of halogens is 1. The van der Waals surface area contributed by atoms with Crippen molar-refractivity contribution >= 4 is 38.7 Å². The molecule has 1 aliphatic heterocycles. The van der Waals surface area contributed by atoms with E-state index in [-0.39, 0.29) is 46.2 Å². The maximum atomic E-state index is 12.9. The van der Waals surface area contributed by atoms with E-state index in [4.69, 9.17) is 11.6 Å². The molecule has 2 aromatic carbocycles. The predicted molar refractivity (Wildman–Crippen MR) is 107 cm³/mol. The number of carbonyl (C=O) groups is 2. The van der Waals surface area contributed by atoms with Gasteiger partial charge in [-0.15, -0.1) is 0 Å². The lowest BCUT2D eigenvalue weighted by Crippen LogP contribution is -2.27. The molecule has 150 valence electrons. The topological polar surface area (TPSA) is 112 Å². The maximum Gasteiger partial charge on any atom is 0.190 e. The van der Waals surface area contributed by atoms with Gasteiger partial charge < -0.3 is 15.1 Å². The predicted octanol–water partition coefficient (Wildman–Crippen LogP) is 2.74. The first-order valence-corrected chi connectivity index (χ1v) is 10.7. The molecule has 1 unspecified atom stereocenters. The number of allylic oxidation sites excluding steroid dienone is 2. The third-order valence-electron chi connectivity index (χ3n) is 5.21. The van der Waals surface area contributed by atoms with Gasteiger partial charge in [-0.2, -0.15) is 0 Å². The number of phenols is 2. The fourth-order valence-corrected chi connectivity index (χ4v) is 5.77. The lowest BCUT2D eigenvalue weighted by atomic mass is 9.92. The number of phenolic OH excluding ortho intramolecular Hbond substituents is 2. The van der Waals surface area contributed by atoms with Crippen molar-refractivity contribution in [3.05, 3.63) is 58.6 Å². The van der Waals surface area contributed by atoms with Crippen LogP contribution in [-0.2, 0) is 9.84 Å². The van der Waals surface area contributed by atoms with E-state index in [1.54, 1.807) is 18.2 Å². The molecule has 2 aliphatic rings. The van der Waals surface area contributed by atoms with E-state index in [1.165, 1.54) is 17.0 Å². The average molecular weight is 434 g/mol. The van der Waals surface area contributed by atoms with E-state index >= 15 is 0 Å². The van der Waals surface area contributed by atoms with Gasteiger partial charge in [0.15, 0.2) is 27.2 Å². The van der Waals surface area contributed by atoms with Crippen molar-refractivity contribution in [1.82, 2.24) is 0 Å². The molecule has 0 radical (unpaired) electrons. The molecule has 1 heterocycles. The minimum atomic E-state index is -3.61. The first-order chi connectivity index (χ1) is 13.7. The van der Waals surface area contributed by atoms with Crippen molar-refractivity contribution in [3.63, 3.8) is 0 Å². The zero-order chi connectivity index (χ0) is 20.9. The Morgan fingerprint density at radius 2 is 1.55 bits per heavy atom. The molecule has 0 saturated carbocycles. The van der Waals surface area contributed by atoms with Gasteiger partial charge in [0.2, 0.25) is 0 Å². The number of rotatable bonds is 3. The monoisotopic (exact) mass is 433 g/mol. The Hall–Kier alpha value is -2.84. The first kappa shape index (κ1) is 19.5. The van der Waals surface area contributed by atoms with Crippen LogP contribution in [0.5, 0.6) is 11.5 Å². The van der Waals surface area contributed by atoms with Crippen molar-refractivity contribution in [2.45, 2.75) is 16.6 Å². The van der Waals surface area contributed by atoms with Crippen LogP contribution in [0.25, 0.3) is 0 Å². The van der Waals surface area contributed by atoms with Crippen LogP contribution in [0.2, 0.25) is 5.02 Å². The minimum Gasteiger partial charge on any atom is -0.505 e. The largest absolute Gasteiger partial charge is 0.505 e. The number of carbonyl (C=O) groups excluding carboxylic acids is 2. The molecule has 1 fully saturated rings. The summed E-state index contributed by atoms with van der Waals surface area (Å²) in [7, 11) is -3.61. The Morgan fingerprint density at radius 1 is 0.966 bits per heavy atom. The van der Waals surface area contributed by atoms with Crippen LogP contribution >= 0.6 is 11.6 Å². The summed E-state index contributed by atoms with van der Waals surface area (Å²) in [6.07, 6.45) is 2.28. The summed E-state index contributed by atoms with van der Waals surface area (Å²) >= 11 is 6.22. The first-order valence-electron chi connectivity index (χ1n) is 8.81. The molecule has 9 heteroatoms. The van der Waals surface area contributed by atoms with Gasteiger partial charge in [-0.05, 0) is 30.7 Å². The van der Waals surface area contributed by atoms with E-state index in [0.717, 1.165) is 12.2 Å². The Morgan fingerprint density at radius 3 is 2.17 bits per heavy atom. The molecule has 0 bridgehead atoms. The van der Waals surface area contributed by atoms with Crippen molar-refractivity contribution in [1.29, 1.82) is 0 Å². The van der Waals surface area contributed by atoms with Crippen LogP contribution in [0.15, 0.2) is 47.4 Å². The second-order valence-corrected chi connectivity index (χ2v) is 9.49. The highest BCUT2D eigenvalue weighted by Gasteiger charge is 2.39. The zero-order valence-corrected chi connectivity index (χ0v) is 16.6. The Kier molecular flexibility index (Phi) is 4.63. The summed E-state index contributed by atoms with van der Waals surface area (Å²) in [5.74, 6) is -2.43. The van der Waals surface area contributed by atoms with Crippen LogP contribution in [0.1, 0.15) is 27.1 Å². The van der Waals surface area contributed by atoms with Gasteiger partial charge >= 0.3 is 0 Å². The number of hydrogen-bond acceptors (Lipinski definition) is 7. The second kappa shape index (κ2) is 6.89. The molecule has 1 saturated heterocycles. The molecule has 29 heavy (non-hydrogen) atoms. The lowest BCUT2D eigenvalue weighted by molar-refractivity contribution is 0.0989. The molecule has 1 atom stereocenters. The Bertz CT molecular complexity index is 1170. The van der Waals surface area contributed by atoms with Crippen LogP contribution in [-0.4, -0.2) is 48.5 Å². The van der Waals surface area contributed by atoms with Crippen LogP contribution in [0, 0.1) is 0 Å². The molecule has 4 rings (SSSR count). The van der Waals surface area contributed by atoms with Crippen LogP contribution in [0.3, 0.4) is 0 Å². The maximum absolute atomic E-state index is 12.9. The van der Waals surface area contributed by atoms with E-state index in [2.05, 4.69) is 0 Å². The van der Waals surface area contributed by atoms with Gasteiger partial charge in [0.25, 0.3) is 0 Å². The molecular weight excluding hydrogens is 418 g/mol. The molecule has 7 nitrogen and oxygen atoms in total. The van der Waals surface area contributed by atoms with Gasteiger partial charge in [-0.25, -0.2) is 8.42 Å². The van der Waals surface area contributed by atoms with Crippen LogP contribution in [0.4, 0.5) is 5.69 Å². The summed E-state index contributed by atoms with van der Waals surface area (Å²) in [5, 5.41) is 20.1. The van der Waals surface area contributed by atoms with Crippen molar-refractivity contribution in [2.24, 2.45) is 0 Å². The summed E-state index contributed by atoms with van der Waals surface area (Å²) < 4.78 is 25.8. The summed E-state index contributed by atoms with van der Waals surface area (Å²) in [6, 6.07) is 8.04. The molecule has 1 aliphatic carbocycles. The number of benzene rings is 2. The smallest absolute Gasteiger partial charge is 0.190 e. The quantitative estimate of drug-likeness (QED) is 0.715. The standard InChI is InChI=1S/C20H16ClNO6S/c21-17-18(20(26)16-14(24)7-6-13(23)15(16)19(17)25)22-9-8-12(10-22)29(27,28)11-4-2-1-3-5-11/h1-7,12,25-26H,8-10H2. The minimum absolute atomic E-state index is 0.0146. The Balaban J connectivity index is 1.75. The van der Waals surface area contributed by atoms with Gasteiger partial charge in [0, 0.05) is 13.1 Å².